The smallest absolute Gasteiger partial charge is 0.191 e. The summed E-state index contributed by atoms with van der Waals surface area (Å²) in [6, 6.07) is 0.540. The van der Waals surface area contributed by atoms with Gasteiger partial charge in [0.2, 0.25) is 0 Å². The molecule has 2 rings (SSSR count). The Kier molecular flexibility index (Phi) is 6.17. The zero-order chi connectivity index (χ0) is 16.1. The molecule has 2 N–H and O–H groups in total. The maximum Gasteiger partial charge on any atom is 0.191 e. The number of aliphatic imine (C=N–C) groups is 1. The van der Waals surface area contributed by atoms with Gasteiger partial charge in [-0.05, 0) is 39.4 Å². The van der Waals surface area contributed by atoms with E-state index in [-0.39, 0.29) is 0 Å². The average Bonchev–Trinajstić information content (AvgIpc) is 3.09. The Hall–Kier alpha value is -1.17. The Labute approximate surface area is 137 Å². The molecule has 0 saturated heterocycles. The van der Waals surface area contributed by atoms with Crippen molar-refractivity contribution in [2.24, 2.45) is 4.99 Å². The van der Waals surface area contributed by atoms with Gasteiger partial charge in [-0.2, -0.15) is 11.8 Å². The number of rotatable bonds is 5. The van der Waals surface area contributed by atoms with Crippen LogP contribution in [0, 0.1) is 13.8 Å². The zero-order valence-electron chi connectivity index (χ0n) is 14.3. The van der Waals surface area contributed by atoms with Gasteiger partial charge in [-0.3, -0.25) is 4.99 Å². The largest absolute Gasteiger partial charge is 0.361 e. The molecule has 6 heteroatoms. The minimum Gasteiger partial charge on any atom is -0.361 e. The van der Waals surface area contributed by atoms with E-state index in [1.807, 2.05) is 32.7 Å². The normalized spacial score (nSPS) is 23.6. The average molecular weight is 324 g/mol. The second-order valence-electron chi connectivity index (χ2n) is 6.10. The maximum absolute atomic E-state index is 5.26. The van der Waals surface area contributed by atoms with Crippen molar-refractivity contribution in [2.45, 2.75) is 57.2 Å². The van der Waals surface area contributed by atoms with Crippen LogP contribution in [0.15, 0.2) is 9.52 Å². The molecule has 0 amide bonds. The van der Waals surface area contributed by atoms with Crippen LogP contribution in [0.4, 0.5) is 0 Å². The van der Waals surface area contributed by atoms with Crippen molar-refractivity contribution < 1.29 is 4.52 Å². The van der Waals surface area contributed by atoms with Gasteiger partial charge in [0.1, 0.15) is 5.76 Å². The topological polar surface area (TPSA) is 62.5 Å². The fourth-order valence-electron chi connectivity index (χ4n) is 3.22. The minimum absolute atomic E-state index is 0.340. The van der Waals surface area contributed by atoms with Crippen molar-refractivity contribution >= 4 is 17.7 Å². The van der Waals surface area contributed by atoms with Gasteiger partial charge >= 0.3 is 0 Å². The van der Waals surface area contributed by atoms with Crippen molar-refractivity contribution in [3.63, 3.8) is 0 Å². The monoisotopic (exact) mass is 324 g/mol. The Morgan fingerprint density at radius 1 is 1.45 bits per heavy atom. The third-order valence-electron chi connectivity index (χ3n) is 4.44. The van der Waals surface area contributed by atoms with Crippen molar-refractivity contribution in [1.29, 1.82) is 0 Å². The summed E-state index contributed by atoms with van der Waals surface area (Å²) < 4.78 is 5.26. The third-order valence-corrected chi connectivity index (χ3v) is 5.53. The molecule has 1 heterocycles. The van der Waals surface area contributed by atoms with E-state index in [4.69, 9.17) is 4.52 Å². The lowest BCUT2D eigenvalue weighted by Crippen LogP contribution is -2.43. The maximum atomic E-state index is 5.26. The van der Waals surface area contributed by atoms with Gasteiger partial charge in [0.25, 0.3) is 0 Å². The Balaban J connectivity index is 1.84. The van der Waals surface area contributed by atoms with Gasteiger partial charge in [-0.15, -0.1) is 0 Å². The zero-order valence-corrected chi connectivity index (χ0v) is 15.1. The van der Waals surface area contributed by atoms with Crippen LogP contribution in [-0.4, -0.2) is 42.3 Å². The number of thioether (sulfide) groups is 1. The molecule has 0 bridgehead atoms. The van der Waals surface area contributed by atoms with E-state index < -0.39 is 0 Å². The van der Waals surface area contributed by atoms with Crippen LogP contribution in [0.25, 0.3) is 0 Å². The predicted molar refractivity (Wildman–Crippen MR) is 93.8 cm³/mol. The molecule has 1 saturated carbocycles. The molecular weight excluding hydrogens is 296 g/mol. The lowest BCUT2D eigenvalue weighted by atomic mass is 10.00. The SMILES string of the molecule is CN=C(NCC(C)c1c(C)noc1C)NC1CCC(SC)C1. The molecular formula is C16H28N4OS. The first-order valence-corrected chi connectivity index (χ1v) is 9.26. The number of nitrogens with one attached hydrogen (secondary N) is 2. The highest BCUT2D eigenvalue weighted by atomic mass is 32.2. The van der Waals surface area contributed by atoms with E-state index in [1.165, 1.54) is 24.8 Å². The highest BCUT2D eigenvalue weighted by Gasteiger charge is 2.24. The van der Waals surface area contributed by atoms with Crippen molar-refractivity contribution in [1.82, 2.24) is 15.8 Å². The lowest BCUT2D eigenvalue weighted by Gasteiger charge is -2.19. The molecule has 124 valence electrons. The summed E-state index contributed by atoms with van der Waals surface area (Å²) in [6.45, 7) is 6.98. The van der Waals surface area contributed by atoms with Crippen LogP contribution in [0.5, 0.6) is 0 Å². The van der Waals surface area contributed by atoms with Crippen molar-refractivity contribution in [3.05, 3.63) is 17.0 Å². The van der Waals surface area contributed by atoms with Crippen LogP contribution in [-0.2, 0) is 0 Å². The summed E-state index contributed by atoms with van der Waals surface area (Å²) >= 11 is 1.97. The minimum atomic E-state index is 0.340. The fraction of sp³-hybridized carbons (Fsp3) is 0.750. The van der Waals surface area contributed by atoms with E-state index in [2.05, 4.69) is 34.0 Å². The molecule has 0 aromatic carbocycles. The van der Waals surface area contributed by atoms with Crippen LogP contribution >= 0.6 is 11.8 Å². The van der Waals surface area contributed by atoms with Gasteiger partial charge in [-0.1, -0.05) is 12.1 Å². The van der Waals surface area contributed by atoms with Gasteiger partial charge in [0.15, 0.2) is 5.96 Å². The van der Waals surface area contributed by atoms with Crippen LogP contribution in [0.3, 0.4) is 0 Å². The molecule has 1 aliphatic rings. The molecule has 1 fully saturated rings. The summed E-state index contributed by atoms with van der Waals surface area (Å²) in [5, 5.41) is 11.8. The number of aromatic nitrogens is 1. The van der Waals surface area contributed by atoms with E-state index >= 15 is 0 Å². The summed E-state index contributed by atoms with van der Waals surface area (Å²) in [5.74, 6) is 2.14. The molecule has 1 aromatic rings. The molecule has 3 atom stereocenters. The Morgan fingerprint density at radius 3 is 2.77 bits per heavy atom. The number of guanidine groups is 1. The number of hydrogen-bond donors (Lipinski definition) is 2. The first-order chi connectivity index (χ1) is 10.5. The van der Waals surface area contributed by atoms with Crippen molar-refractivity contribution in [3.8, 4) is 0 Å². The highest BCUT2D eigenvalue weighted by molar-refractivity contribution is 7.99. The molecule has 3 unspecified atom stereocenters. The second-order valence-corrected chi connectivity index (χ2v) is 7.24. The number of hydrogen-bond acceptors (Lipinski definition) is 4. The van der Waals surface area contributed by atoms with Crippen LogP contribution in [0.1, 0.15) is 49.1 Å². The molecule has 1 aliphatic carbocycles. The Morgan fingerprint density at radius 2 is 2.23 bits per heavy atom. The number of nitrogens with zero attached hydrogens (tertiary/aromatic N) is 2. The second kappa shape index (κ2) is 7.90. The quantitative estimate of drug-likeness (QED) is 0.644. The van der Waals surface area contributed by atoms with E-state index in [1.54, 1.807) is 0 Å². The summed E-state index contributed by atoms with van der Waals surface area (Å²) in [5.41, 5.74) is 2.18. The molecule has 0 spiro atoms. The Bertz CT molecular complexity index is 495. The molecule has 5 nitrogen and oxygen atoms in total. The molecule has 1 aromatic heterocycles. The molecule has 22 heavy (non-hydrogen) atoms. The highest BCUT2D eigenvalue weighted by Crippen LogP contribution is 2.28. The van der Waals surface area contributed by atoms with E-state index in [0.717, 1.165) is 29.2 Å². The van der Waals surface area contributed by atoms with Crippen LogP contribution < -0.4 is 10.6 Å². The van der Waals surface area contributed by atoms with E-state index in [9.17, 15) is 0 Å². The molecule has 0 radical (unpaired) electrons. The van der Waals surface area contributed by atoms with Crippen molar-refractivity contribution in [2.75, 3.05) is 19.8 Å². The van der Waals surface area contributed by atoms with Crippen LogP contribution in [0.2, 0.25) is 0 Å². The van der Waals surface area contributed by atoms with E-state index in [0.29, 0.717) is 12.0 Å². The third kappa shape index (κ3) is 4.18. The van der Waals surface area contributed by atoms with Gasteiger partial charge in [0, 0.05) is 36.4 Å². The van der Waals surface area contributed by atoms with Gasteiger partial charge in [-0.25, -0.2) is 0 Å². The standard InChI is InChI=1S/C16H28N4OS/c1-10(15-11(2)20-21-12(15)3)9-18-16(17-4)19-13-6-7-14(8-13)22-5/h10,13-14H,6-9H2,1-5H3,(H2,17,18,19). The van der Waals surface area contributed by atoms with Gasteiger partial charge in [0.05, 0.1) is 5.69 Å². The fourth-order valence-corrected chi connectivity index (χ4v) is 4.02. The lowest BCUT2D eigenvalue weighted by molar-refractivity contribution is 0.391. The summed E-state index contributed by atoms with van der Waals surface area (Å²) in [7, 11) is 1.83. The first-order valence-electron chi connectivity index (χ1n) is 7.97. The van der Waals surface area contributed by atoms with Gasteiger partial charge < -0.3 is 15.2 Å². The summed E-state index contributed by atoms with van der Waals surface area (Å²) in [4.78, 5) is 4.35. The number of aryl methyl sites for hydroxylation is 2. The molecule has 0 aliphatic heterocycles. The first kappa shape index (κ1) is 17.2. The summed E-state index contributed by atoms with van der Waals surface area (Å²) in [6.07, 6.45) is 5.95. The predicted octanol–water partition coefficient (Wildman–Crippen LogP) is 2.84.